The molecule has 1 aliphatic heterocycles. The molecule has 0 aromatic rings. The molecule has 1 aliphatic rings. The monoisotopic (exact) mass is 271 g/mol. The summed E-state index contributed by atoms with van der Waals surface area (Å²) < 4.78 is 0. The summed E-state index contributed by atoms with van der Waals surface area (Å²) in [6.45, 7) is 5.18. The zero-order valence-electron chi connectivity index (χ0n) is 11.2. The van der Waals surface area contributed by atoms with E-state index < -0.39 is 5.97 Å². The molecule has 1 saturated heterocycles. The quantitative estimate of drug-likeness (QED) is 0.655. The average molecular weight is 271 g/mol. The van der Waals surface area contributed by atoms with E-state index in [1.807, 2.05) is 4.90 Å². The van der Waals surface area contributed by atoms with Gasteiger partial charge in [0.05, 0.1) is 0 Å². The highest BCUT2D eigenvalue weighted by Gasteiger charge is 2.18. The van der Waals surface area contributed by atoms with Crippen LogP contribution in [0.3, 0.4) is 0 Å². The molecule has 1 rings (SSSR count). The maximum Gasteiger partial charge on any atom is 0.322 e. The molecule has 7 heteroatoms. The number of carboxylic acids is 1. The van der Waals surface area contributed by atoms with Crippen molar-refractivity contribution in [3.8, 4) is 0 Å². The number of nitrogens with zero attached hydrogens (tertiary/aromatic N) is 2. The van der Waals surface area contributed by atoms with E-state index in [9.17, 15) is 14.4 Å². The second kappa shape index (κ2) is 7.73. The van der Waals surface area contributed by atoms with Crippen LogP contribution in [0.25, 0.3) is 0 Å². The van der Waals surface area contributed by atoms with Crippen molar-refractivity contribution in [1.82, 2.24) is 15.1 Å². The lowest BCUT2D eigenvalue weighted by Crippen LogP contribution is -2.48. The van der Waals surface area contributed by atoms with Crippen LogP contribution < -0.4 is 5.32 Å². The fourth-order valence-electron chi connectivity index (χ4n) is 2.01. The van der Waals surface area contributed by atoms with E-state index in [0.717, 1.165) is 32.7 Å². The van der Waals surface area contributed by atoms with Gasteiger partial charge in [-0.3, -0.25) is 19.3 Å². The van der Waals surface area contributed by atoms with Crippen molar-refractivity contribution in [3.05, 3.63) is 0 Å². The number of piperazine rings is 1. The molecule has 0 aromatic carbocycles. The lowest BCUT2D eigenvalue weighted by atomic mass is 10.2. The van der Waals surface area contributed by atoms with Crippen molar-refractivity contribution in [2.75, 3.05) is 39.3 Å². The van der Waals surface area contributed by atoms with Gasteiger partial charge >= 0.3 is 5.97 Å². The van der Waals surface area contributed by atoms with Crippen molar-refractivity contribution in [1.29, 1.82) is 0 Å². The van der Waals surface area contributed by atoms with Gasteiger partial charge in [0, 0.05) is 39.5 Å². The predicted octanol–water partition coefficient (Wildman–Crippen LogP) is -0.868. The lowest BCUT2D eigenvalue weighted by molar-refractivity contribution is -0.138. The van der Waals surface area contributed by atoms with Gasteiger partial charge in [0.15, 0.2) is 0 Å². The van der Waals surface area contributed by atoms with Crippen molar-refractivity contribution >= 4 is 17.8 Å². The molecule has 1 heterocycles. The molecule has 108 valence electrons. The Morgan fingerprint density at radius 3 is 2.32 bits per heavy atom. The molecule has 0 unspecified atom stereocenters. The van der Waals surface area contributed by atoms with Crippen molar-refractivity contribution in [2.24, 2.45) is 0 Å². The van der Waals surface area contributed by atoms with Crippen LogP contribution in [0.15, 0.2) is 0 Å². The van der Waals surface area contributed by atoms with Crippen LogP contribution in [0, 0.1) is 0 Å². The van der Waals surface area contributed by atoms with E-state index in [1.54, 1.807) is 6.92 Å². The van der Waals surface area contributed by atoms with Gasteiger partial charge in [-0.1, -0.05) is 0 Å². The minimum absolute atomic E-state index is 0.104. The van der Waals surface area contributed by atoms with Gasteiger partial charge in [0.25, 0.3) is 0 Å². The molecule has 2 N–H and O–H groups in total. The Balaban J connectivity index is 2.09. The molecule has 2 amide bonds. The van der Waals surface area contributed by atoms with Crippen LogP contribution in [0.5, 0.6) is 0 Å². The highest BCUT2D eigenvalue weighted by Crippen LogP contribution is 2.03. The van der Waals surface area contributed by atoms with E-state index in [1.165, 1.54) is 0 Å². The summed E-state index contributed by atoms with van der Waals surface area (Å²) in [6.07, 6.45) is 1.03. The topological polar surface area (TPSA) is 90.0 Å². The summed E-state index contributed by atoms with van der Waals surface area (Å²) in [5, 5.41) is 10.7. The average Bonchev–Trinajstić information content (AvgIpc) is 2.37. The Bertz CT molecular complexity index is 338. The van der Waals surface area contributed by atoms with Crippen LogP contribution in [-0.2, 0) is 14.4 Å². The van der Waals surface area contributed by atoms with E-state index in [2.05, 4.69) is 10.2 Å². The van der Waals surface area contributed by atoms with Crippen molar-refractivity contribution in [2.45, 2.75) is 19.8 Å². The molecule has 0 saturated carbocycles. The maximum atomic E-state index is 11.3. The van der Waals surface area contributed by atoms with Crippen LogP contribution in [0.2, 0.25) is 0 Å². The molecule has 1 fully saturated rings. The van der Waals surface area contributed by atoms with Crippen LogP contribution in [-0.4, -0.2) is 72.0 Å². The number of nitrogens with one attached hydrogen (secondary N) is 1. The molecule has 19 heavy (non-hydrogen) atoms. The number of aliphatic carboxylic acids is 1. The van der Waals surface area contributed by atoms with Gasteiger partial charge in [-0.25, -0.2) is 0 Å². The van der Waals surface area contributed by atoms with E-state index in [-0.39, 0.29) is 18.4 Å². The smallest absolute Gasteiger partial charge is 0.322 e. The Labute approximate surface area is 112 Å². The van der Waals surface area contributed by atoms with Crippen LogP contribution in [0.1, 0.15) is 19.8 Å². The zero-order valence-corrected chi connectivity index (χ0v) is 11.2. The first-order chi connectivity index (χ1) is 8.99. The molecular weight excluding hydrogens is 250 g/mol. The second-order valence-corrected chi connectivity index (χ2v) is 4.62. The van der Waals surface area contributed by atoms with Gasteiger partial charge in [-0.15, -0.1) is 0 Å². The molecule has 0 aromatic heterocycles. The third-order valence-corrected chi connectivity index (χ3v) is 3.13. The van der Waals surface area contributed by atoms with E-state index >= 15 is 0 Å². The second-order valence-electron chi connectivity index (χ2n) is 4.62. The van der Waals surface area contributed by atoms with Crippen molar-refractivity contribution < 1.29 is 19.5 Å². The summed E-state index contributed by atoms with van der Waals surface area (Å²) in [5.41, 5.74) is 0. The predicted molar refractivity (Wildman–Crippen MR) is 68.6 cm³/mol. The fourth-order valence-corrected chi connectivity index (χ4v) is 2.01. The molecule has 0 bridgehead atoms. The summed E-state index contributed by atoms with van der Waals surface area (Å²) in [4.78, 5) is 36.7. The van der Waals surface area contributed by atoms with E-state index in [4.69, 9.17) is 5.11 Å². The first-order valence-electron chi connectivity index (χ1n) is 6.45. The molecule has 0 aliphatic carbocycles. The number of rotatable bonds is 6. The summed E-state index contributed by atoms with van der Waals surface area (Å²) >= 11 is 0. The largest absolute Gasteiger partial charge is 0.480 e. The number of hydrogen-bond donors (Lipinski definition) is 2. The number of hydrogen-bond acceptors (Lipinski definition) is 4. The molecule has 7 nitrogen and oxygen atoms in total. The van der Waals surface area contributed by atoms with Gasteiger partial charge in [-0.05, 0) is 13.0 Å². The number of amides is 2. The number of carbonyl (C=O) groups excluding carboxylic acids is 2. The van der Waals surface area contributed by atoms with Gasteiger partial charge in [-0.2, -0.15) is 0 Å². The minimum Gasteiger partial charge on any atom is -0.480 e. The molecule has 0 atom stereocenters. The van der Waals surface area contributed by atoms with Crippen LogP contribution >= 0.6 is 0 Å². The lowest BCUT2D eigenvalue weighted by Gasteiger charge is -2.34. The Kier molecular flexibility index (Phi) is 6.27. The molecular formula is C12H21N3O4. The minimum atomic E-state index is -1.03. The first-order valence-corrected chi connectivity index (χ1v) is 6.45. The van der Waals surface area contributed by atoms with Gasteiger partial charge in [0.1, 0.15) is 6.54 Å². The van der Waals surface area contributed by atoms with Crippen molar-refractivity contribution in [3.63, 3.8) is 0 Å². The normalized spacial score (nSPS) is 16.2. The van der Waals surface area contributed by atoms with Crippen LogP contribution in [0.4, 0.5) is 0 Å². The molecule has 0 radical (unpaired) electrons. The van der Waals surface area contributed by atoms with Gasteiger partial charge in [0.2, 0.25) is 11.8 Å². The SMILES string of the molecule is CC(=O)N1CCN(CCCC(=O)NCC(=O)O)CC1. The summed E-state index contributed by atoms with van der Waals surface area (Å²) in [7, 11) is 0. The maximum absolute atomic E-state index is 11.3. The third-order valence-electron chi connectivity index (χ3n) is 3.13. The fraction of sp³-hybridized carbons (Fsp3) is 0.750. The highest BCUT2D eigenvalue weighted by molar-refractivity contribution is 5.81. The third kappa shape index (κ3) is 6.19. The van der Waals surface area contributed by atoms with Gasteiger partial charge < -0.3 is 15.3 Å². The highest BCUT2D eigenvalue weighted by atomic mass is 16.4. The summed E-state index contributed by atoms with van der Waals surface area (Å²) in [6, 6.07) is 0. The number of carboxylic acid groups (broad SMARTS) is 1. The standard InChI is InChI=1S/C12H21N3O4/c1-10(16)15-7-5-14(6-8-15)4-2-3-11(17)13-9-12(18)19/h2-9H2,1H3,(H,13,17)(H,18,19). The number of carbonyl (C=O) groups is 3. The Hall–Kier alpha value is -1.63. The Morgan fingerprint density at radius 1 is 1.16 bits per heavy atom. The summed E-state index contributed by atoms with van der Waals surface area (Å²) in [5.74, 6) is -1.16. The zero-order chi connectivity index (χ0) is 14.3. The Morgan fingerprint density at radius 2 is 1.79 bits per heavy atom. The first kappa shape index (κ1) is 15.4. The van der Waals surface area contributed by atoms with E-state index in [0.29, 0.717) is 12.8 Å². The molecule has 0 spiro atoms.